The van der Waals surface area contributed by atoms with Crippen molar-refractivity contribution in [3.63, 3.8) is 0 Å². The van der Waals surface area contributed by atoms with Gasteiger partial charge in [0.05, 0.1) is 6.04 Å². The lowest BCUT2D eigenvalue weighted by molar-refractivity contribution is 0.245. The van der Waals surface area contributed by atoms with Crippen LogP contribution in [0.3, 0.4) is 0 Å². The lowest BCUT2D eigenvalue weighted by atomic mass is 10.1. The number of nitrogens with one attached hydrogen (secondary N) is 2. The van der Waals surface area contributed by atoms with Gasteiger partial charge in [0.2, 0.25) is 0 Å². The van der Waals surface area contributed by atoms with E-state index in [-0.39, 0.29) is 29.8 Å². The van der Waals surface area contributed by atoms with Crippen LogP contribution in [0.4, 0.5) is 4.39 Å². The van der Waals surface area contributed by atoms with Crippen LogP contribution in [0, 0.1) is 5.82 Å². The Balaban J connectivity index is 0.00000261. The van der Waals surface area contributed by atoms with Crippen molar-refractivity contribution >= 4 is 29.9 Å². The smallest absolute Gasteiger partial charge is 0.191 e. The highest BCUT2D eigenvalue weighted by Gasteiger charge is 2.23. The fraction of sp³-hybridized carbons (Fsp3) is 0.381. The van der Waals surface area contributed by atoms with Gasteiger partial charge in [-0.3, -0.25) is 9.89 Å². The molecule has 1 saturated heterocycles. The topological polar surface area (TPSA) is 39.7 Å². The summed E-state index contributed by atoms with van der Waals surface area (Å²) in [6, 6.07) is 17.7. The summed E-state index contributed by atoms with van der Waals surface area (Å²) < 4.78 is 13.8. The second-order valence-electron chi connectivity index (χ2n) is 6.57. The van der Waals surface area contributed by atoms with E-state index in [0.29, 0.717) is 24.1 Å². The number of aliphatic imine (C=N–C) groups is 1. The largest absolute Gasteiger partial charge is 0.354 e. The Labute approximate surface area is 178 Å². The lowest BCUT2D eigenvalue weighted by Crippen LogP contribution is -2.42. The van der Waals surface area contributed by atoms with Gasteiger partial charge < -0.3 is 10.6 Å². The SMILES string of the molecule is CN=C(NCc1ccccc1F)NCC(c1ccccc1)N1CCCC1.I. The second-order valence-corrected chi connectivity index (χ2v) is 6.57. The van der Waals surface area contributed by atoms with E-state index in [0.717, 1.165) is 19.6 Å². The monoisotopic (exact) mass is 482 g/mol. The molecule has 3 rings (SSSR count). The van der Waals surface area contributed by atoms with E-state index < -0.39 is 0 Å². The van der Waals surface area contributed by atoms with Crippen molar-refractivity contribution in [2.75, 3.05) is 26.7 Å². The van der Waals surface area contributed by atoms with E-state index >= 15 is 0 Å². The van der Waals surface area contributed by atoms with E-state index in [1.165, 1.54) is 24.5 Å². The summed E-state index contributed by atoms with van der Waals surface area (Å²) in [5.74, 6) is 0.489. The summed E-state index contributed by atoms with van der Waals surface area (Å²) in [6.45, 7) is 3.43. The average molecular weight is 482 g/mol. The van der Waals surface area contributed by atoms with Crippen LogP contribution in [0.2, 0.25) is 0 Å². The molecule has 0 aromatic heterocycles. The highest BCUT2D eigenvalue weighted by Crippen LogP contribution is 2.24. The summed E-state index contributed by atoms with van der Waals surface area (Å²) in [4.78, 5) is 6.80. The molecule has 2 N–H and O–H groups in total. The molecule has 2 aromatic rings. The highest BCUT2D eigenvalue weighted by molar-refractivity contribution is 14.0. The Hall–Kier alpha value is -1.67. The average Bonchev–Trinajstić information content (AvgIpc) is 3.21. The maximum Gasteiger partial charge on any atom is 0.191 e. The number of nitrogens with zero attached hydrogens (tertiary/aromatic N) is 2. The lowest BCUT2D eigenvalue weighted by Gasteiger charge is -2.29. The van der Waals surface area contributed by atoms with Crippen molar-refractivity contribution in [3.8, 4) is 0 Å². The molecule has 6 heteroatoms. The van der Waals surface area contributed by atoms with Crippen molar-refractivity contribution in [2.24, 2.45) is 4.99 Å². The molecule has 0 amide bonds. The number of guanidine groups is 1. The molecule has 2 aromatic carbocycles. The number of hydrogen-bond acceptors (Lipinski definition) is 2. The molecular weight excluding hydrogens is 454 g/mol. The molecular formula is C21H28FIN4. The minimum atomic E-state index is -0.199. The summed E-state index contributed by atoms with van der Waals surface area (Å²) in [5.41, 5.74) is 1.95. The van der Waals surface area contributed by atoms with E-state index in [9.17, 15) is 4.39 Å². The third kappa shape index (κ3) is 6.17. The standard InChI is InChI=1S/C21H27FN4.HI/c1-23-21(24-15-18-11-5-6-12-19(18)22)25-16-20(26-13-7-8-14-26)17-9-3-2-4-10-17;/h2-6,9-12,20H,7-8,13-16H2,1H3,(H2,23,24,25);1H. The fourth-order valence-electron chi connectivity index (χ4n) is 3.42. The van der Waals surface area contributed by atoms with Gasteiger partial charge in [-0.25, -0.2) is 4.39 Å². The predicted molar refractivity (Wildman–Crippen MR) is 120 cm³/mol. The molecule has 1 unspecified atom stereocenters. The van der Waals surface area contributed by atoms with Gasteiger partial charge in [-0.2, -0.15) is 0 Å². The van der Waals surface area contributed by atoms with Crippen LogP contribution in [0.5, 0.6) is 0 Å². The zero-order valence-electron chi connectivity index (χ0n) is 15.7. The quantitative estimate of drug-likeness (QED) is 0.372. The van der Waals surface area contributed by atoms with Gasteiger partial charge in [0.1, 0.15) is 5.82 Å². The molecule has 0 bridgehead atoms. The predicted octanol–water partition coefficient (Wildman–Crippen LogP) is 3.95. The number of benzene rings is 2. The zero-order chi connectivity index (χ0) is 18.2. The Bertz CT molecular complexity index is 717. The first-order valence-corrected chi connectivity index (χ1v) is 9.25. The van der Waals surface area contributed by atoms with E-state index in [1.54, 1.807) is 19.2 Å². The summed E-state index contributed by atoms with van der Waals surface area (Å²) >= 11 is 0. The third-order valence-corrected chi connectivity index (χ3v) is 4.86. The summed E-state index contributed by atoms with van der Waals surface area (Å²) in [6.07, 6.45) is 2.51. The van der Waals surface area contributed by atoms with Crippen LogP contribution in [0.25, 0.3) is 0 Å². The Morgan fingerprint density at radius 1 is 1.04 bits per heavy atom. The molecule has 0 saturated carbocycles. The molecule has 0 spiro atoms. The minimum Gasteiger partial charge on any atom is -0.354 e. The highest BCUT2D eigenvalue weighted by atomic mass is 127. The molecule has 146 valence electrons. The molecule has 0 radical (unpaired) electrons. The first kappa shape index (κ1) is 21.6. The first-order chi connectivity index (χ1) is 12.8. The molecule has 0 aliphatic carbocycles. The second kappa shape index (κ2) is 11.2. The number of likely N-dealkylation sites (tertiary alicyclic amines) is 1. The van der Waals surface area contributed by atoms with E-state index in [1.807, 2.05) is 12.1 Å². The minimum absolute atomic E-state index is 0. The van der Waals surface area contributed by atoms with Crippen LogP contribution in [-0.4, -0.2) is 37.5 Å². The summed E-state index contributed by atoms with van der Waals surface area (Å²) in [5, 5.41) is 6.61. The van der Waals surface area contributed by atoms with Crippen molar-refractivity contribution < 1.29 is 4.39 Å². The van der Waals surface area contributed by atoms with Crippen LogP contribution in [0.15, 0.2) is 59.6 Å². The van der Waals surface area contributed by atoms with Gasteiger partial charge >= 0.3 is 0 Å². The van der Waals surface area contributed by atoms with Crippen molar-refractivity contribution in [1.29, 1.82) is 0 Å². The van der Waals surface area contributed by atoms with Gasteiger partial charge in [-0.1, -0.05) is 48.5 Å². The van der Waals surface area contributed by atoms with Crippen LogP contribution in [0.1, 0.15) is 30.0 Å². The first-order valence-electron chi connectivity index (χ1n) is 9.25. The summed E-state index contributed by atoms with van der Waals surface area (Å²) in [7, 11) is 1.74. The molecule has 4 nitrogen and oxygen atoms in total. The van der Waals surface area contributed by atoms with Crippen molar-refractivity contribution in [2.45, 2.75) is 25.4 Å². The molecule has 1 heterocycles. The Kier molecular flexibility index (Phi) is 9.00. The molecule has 1 fully saturated rings. The van der Waals surface area contributed by atoms with Crippen molar-refractivity contribution in [1.82, 2.24) is 15.5 Å². The Morgan fingerprint density at radius 2 is 1.70 bits per heavy atom. The van der Waals surface area contributed by atoms with E-state index in [4.69, 9.17) is 0 Å². The molecule has 27 heavy (non-hydrogen) atoms. The van der Waals surface area contributed by atoms with Gasteiger partial charge in [0.25, 0.3) is 0 Å². The maximum absolute atomic E-state index is 13.8. The zero-order valence-corrected chi connectivity index (χ0v) is 18.0. The van der Waals surface area contributed by atoms with Crippen LogP contribution < -0.4 is 10.6 Å². The third-order valence-electron chi connectivity index (χ3n) is 4.86. The molecule has 1 aliphatic heterocycles. The van der Waals surface area contributed by atoms with Gasteiger partial charge in [-0.15, -0.1) is 24.0 Å². The van der Waals surface area contributed by atoms with E-state index in [2.05, 4.69) is 44.8 Å². The van der Waals surface area contributed by atoms with Gasteiger partial charge in [0.15, 0.2) is 5.96 Å². The van der Waals surface area contributed by atoms with Crippen LogP contribution >= 0.6 is 24.0 Å². The number of halogens is 2. The Morgan fingerprint density at radius 3 is 2.37 bits per heavy atom. The van der Waals surface area contributed by atoms with Crippen molar-refractivity contribution in [3.05, 3.63) is 71.5 Å². The fourth-order valence-corrected chi connectivity index (χ4v) is 3.42. The normalized spacial score (nSPS) is 15.9. The molecule has 1 atom stereocenters. The number of hydrogen-bond donors (Lipinski definition) is 2. The van der Waals surface area contributed by atoms with Gasteiger partial charge in [-0.05, 0) is 37.6 Å². The van der Waals surface area contributed by atoms with Gasteiger partial charge in [0, 0.05) is 25.7 Å². The van der Waals surface area contributed by atoms with Crippen LogP contribution in [-0.2, 0) is 6.54 Å². The maximum atomic E-state index is 13.8. The number of rotatable bonds is 6. The molecule has 1 aliphatic rings.